The van der Waals surface area contributed by atoms with E-state index in [1.807, 2.05) is 0 Å². The molecule has 2 aliphatic heterocycles. The van der Waals surface area contributed by atoms with E-state index in [4.69, 9.17) is 24.7 Å². The van der Waals surface area contributed by atoms with Crippen molar-refractivity contribution >= 4 is 47.1 Å². The van der Waals surface area contributed by atoms with Crippen LogP contribution in [0.1, 0.15) is 55.3 Å². The number of likely N-dealkylation sites (N-methyl/N-ethyl adjacent to an activating group) is 2. The molecule has 2 aromatic rings. The van der Waals surface area contributed by atoms with Gasteiger partial charge in [0.25, 0.3) is 5.91 Å². The molecule has 0 bridgehead atoms. The van der Waals surface area contributed by atoms with Gasteiger partial charge < -0.3 is 35.1 Å². The van der Waals surface area contributed by atoms with Crippen LogP contribution in [0, 0.1) is 0 Å². The first-order chi connectivity index (χ1) is 21.6. The van der Waals surface area contributed by atoms with Crippen molar-refractivity contribution in [1.29, 1.82) is 0 Å². The highest BCUT2D eigenvalue weighted by atomic mass is 19.4. The smallest absolute Gasteiger partial charge is 0.446 e. The fraction of sp³-hybridized carbons (Fsp3) is 0.419. The second kappa shape index (κ2) is 15.5. The number of fused-ring (bicyclic) bond motifs is 2. The summed E-state index contributed by atoms with van der Waals surface area (Å²) in [4.78, 5) is 70.6. The fourth-order valence-corrected chi connectivity index (χ4v) is 4.01. The standard InChI is InChI=1S/C17H22N2O5.C12H14N2O3.C2HF3O/c1-10(20)11-6-7-14-13(8-11)19(5)15(21)12(9-23-14)18-16(22)24-17(2,3)4;1-7(15)8-3-4-11-10(5-8)14(2)12(16)9(13)6-17-11;3-2(4,5)1-6/h6-8,12H,9H2,1-5H3,(H,18,22);3-5,9H,6,13H2,1-2H3;1H/t12-;9-;/m00./s1. The number of ether oxygens (including phenoxy) is 3. The van der Waals surface area contributed by atoms with Gasteiger partial charge in [0.15, 0.2) is 11.6 Å². The first-order valence-corrected chi connectivity index (χ1v) is 14.0. The number of hydrogen-bond acceptors (Lipinski definition) is 10. The van der Waals surface area contributed by atoms with Gasteiger partial charge in [-0.15, -0.1) is 0 Å². The van der Waals surface area contributed by atoms with Gasteiger partial charge in [0, 0.05) is 25.2 Å². The summed E-state index contributed by atoms with van der Waals surface area (Å²) in [5.41, 5.74) is 7.09. The maximum absolute atomic E-state index is 12.6. The van der Waals surface area contributed by atoms with Gasteiger partial charge in [-0.25, -0.2) is 4.79 Å². The van der Waals surface area contributed by atoms with Crippen LogP contribution in [0.5, 0.6) is 11.5 Å². The lowest BCUT2D eigenvalue weighted by Gasteiger charge is -2.23. The highest BCUT2D eigenvalue weighted by molar-refractivity contribution is 6.03. The number of aldehydes is 1. The van der Waals surface area contributed by atoms with Crippen LogP contribution in [0.15, 0.2) is 36.4 Å². The largest absolute Gasteiger partial charge is 0.489 e. The van der Waals surface area contributed by atoms with Crippen molar-refractivity contribution in [3.63, 3.8) is 0 Å². The van der Waals surface area contributed by atoms with Crippen LogP contribution in [0.4, 0.5) is 29.3 Å². The van der Waals surface area contributed by atoms with Gasteiger partial charge in [-0.05, 0) is 71.0 Å². The molecule has 0 aromatic heterocycles. The summed E-state index contributed by atoms with van der Waals surface area (Å²) in [7, 11) is 3.20. The third-order valence-corrected chi connectivity index (χ3v) is 6.38. The molecule has 2 atom stereocenters. The van der Waals surface area contributed by atoms with E-state index in [1.165, 1.54) is 23.6 Å². The molecule has 2 heterocycles. The van der Waals surface area contributed by atoms with Crippen LogP contribution in [-0.4, -0.2) is 86.9 Å². The van der Waals surface area contributed by atoms with Crippen molar-refractivity contribution in [2.75, 3.05) is 37.1 Å². The van der Waals surface area contributed by atoms with Gasteiger partial charge in [0.1, 0.15) is 42.4 Å². The van der Waals surface area contributed by atoms with Crippen LogP contribution in [0.2, 0.25) is 0 Å². The molecule has 47 heavy (non-hydrogen) atoms. The van der Waals surface area contributed by atoms with Crippen molar-refractivity contribution in [2.24, 2.45) is 5.73 Å². The number of halogens is 3. The molecular weight excluding hydrogens is 629 g/mol. The van der Waals surface area contributed by atoms with E-state index in [0.717, 1.165) is 0 Å². The third kappa shape index (κ3) is 11.1. The average molecular weight is 667 g/mol. The van der Waals surface area contributed by atoms with Gasteiger partial charge >= 0.3 is 12.3 Å². The second-order valence-corrected chi connectivity index (χ2v) is 11.4. The molecule has 4 rings (SSSR count). The number of Topliss-reactive ketones (excluding diaryl/α,β-unsaturated/α-hetero) is 2. The van der Waals surface area contributed by atoms with Crippen molar-refractivity contribution in [1.82, 2.24) is 5.32 Å². The maximum Gasteiger partial charge on any atom is 0.446 e. The summed E-state index contributed by atoms with van der Waals surface area (Å²) in [6.07, 6.45) is -6.39. The van der Waals surface area contributed by atoms with Gasteiger partial charge in [-0.2, -0.15) is 13.2 Å². The Morgan fingerprint density at radius 1 is 0.872 bits per heavy atom. The van der Waals surface area contributed by atoms with Gasteiger partial charge in [0.05, 0.1) is 11.4 Å². The second-order valence-electron chi connectivity index (χ2n) is 11.4. The number of nitrogens with zero attached hydrogens (tertiary/aromatic N) is 2. The molecule has 0 unspecified atom stereocenters. The van der Waals surface area contributed by atoms with Crippen molar-refractivity contribution < 1.29 is 56.1 Å². The van der Waals surface area contributed by atoms with Gasteiger partial charge in [-0.3, -0.25) is 24.0 Å². The normalized spacial score (nSPS) is 17.3. The Kier molecular flexibility index (Phi) is 12.6. The predicted molar refractivity (Wildman–Crippen MR) is 164 cm³/mol. The fourth-order valence-electron chi connectivity index (χ4n) is 4.01. The first kappa shape index (κ1) is 38.2. The molecule has 0 saturated heterocycles. The lowest BCUT2D eigenvalue weighted by atomic mass is 10.1. The summed E-state index contributed by atoms with van der Waals surface area (Å²) in [5.74, 6) is 0.321. The summed E-state index contributed by atoms with van der Waals surface area (Å²) in [5, 5.41) is 2.52. The molecule has 16 heteroatoms. The minimum Gasteiger partial charge on any atom is -0.489 e. The number of carbonyl (C=O) groups is 6. The van der Waals surface area contributed by atoms with Crippen LogP contribution in [0.3, 0.4) is 0 Å². The SMILES string of the molecule is CC(=O)c1ccc2c(c1)N(C)C(=O)[C@@H](N)CO2.CC(=O)c1ccc2c(c1)N(C)C(=O)[C@@H](NC(=O)OC(C)(C)C)CO2.O=CC(F)(F)F. The molecule has 0 saturated carbocycles. The number of rotatable bonds is 3. The molecule has 3 amide bonds. The summed E-state index contributed by atoms with van der Waals surface area (Å²) >= 11 is 0. The lowest BCUT2D eigenvalue weighted by molar-refractivity contribution is -0.156. The number of anilines is 2. The topological polar surface area (TPSA) is 175 Å². The van der Waals surface area contributed by atoms with E-state index >= 15 is 0 Å². The highest BCUT2D eigenvalue weighted by Gasteiger charge is 2.32. The van der Waals surface area contributed by atoms with Crippen molar-refractivity contribution in [3.05, 3.63) is 47.5 Å². The zero-order valence-corrected chi connectivity index (χ0v) is 26.9. The summed E-state index contributed by atoms with van der Waals surface area (Å²) in [6.45, 7) is 8.28. The number of hydrogen-bond donors (Lipinski definition) is 2. The number of ketones is 2. The van der Waals surface area contributed by atoms with Gasteiger partial charge in [-0.1, -0.05) is 0 Å². The molecule has 13 nitrogen and oxygen atoms in total. The third-order valence-electron chi connectivity index (χ3n) is 6.38. The maximum atomic E-state index is 12.6. The Balaban J connectivity index is 0.000000289. The molecule has 0 spiro atoms. The molecule has 2 aliphatic rings. The van der Waals surface area contributed by atoms with E-state index in [1.54, 1.807) is 71.3 Å². The van der Waals surface area contributed by atoms with E-state index in [0.29, 0.717) is 34.0 Å². The van der Waals surface area contributed by atoms with E-state index in [9.17, 15) is 37.1 Å². The average Bonchev–Trinajstić information content (AvgIpc) is 3.16. The number of benzene rings is 2. The molecule has 0 aliphatic carbocycles. The lowest BCUT2D eigenvalue weighted by Crippen LogP contribution is -2.50. The number of carbonyl (C=O) groups excluding carboxylic acids is 6. The quantitative estimate of drug-likeness (QED) is 0.365. The molecule has 0 radical (unpaired) electrons. The molecule has 2 aromatic carbocycles. The predicted octanol–water partition coefficient (Wildman–Crippen LogP) is 3.46. The zero-order chi connectivity index (χ0) is 35.9. The monoisotopic (exact) mass is 666 g/mol. The number of alkyl halides is 3. The first-order valence-electron chi connectivity index (χ1n) is 14.0. The Morgan fingerprint density at radius 3 is 1.70 bits per heavy atom. The minimum absolute atomic E-state index is 0.0190. The Morgan fingerprint density at radius 2 is 1.30 bits per heavy atom. The van der Waals surface area contributed by atoms with E-state index in [-0.39, 0.29) is 36.6 Å². The molecule has 256 valence electrons. The van der Waals surface area contributed by atoms with Crippen LogP contribution in [-0.2, 0) is 19.1 Å². The van der Waals surface area contributed by atoms with E-state index < -0.39 is 36.2 Å². The summed E-state index contributed by atoms with van der Waals surface area (Å²) in [6, 6.07) is 8.35. The van der Waals surface area contributed by atoms with E-state index in [2.05, 4.69) is 5.32 Å². The summed E-state index contributed by atoms with van der Waals surface area (Å²) < 4.78 is 47.5. The number of nitrogens with two attached hydrogens (primary N) is 1. The molecule has 3 N–H and O–H groups in total. The Labute approximate surface area is 269 Å². The zero-order valence-electron chi connectivity index (χ0n) is 26.9. The minimum atomic E-state index is -4.64. The Bertz CT molecular complexity index is 1520. The van der Waals surface area contributed by atoms with Crippen molar-refractivity contribution in [2.45, 2.75) is 58.5 Å². The highest BCUT2D eigenvalue weighted by Crippen LogP contribution is 2.33. The molecular formula is C31H37F3N4O9. The van der Waals surface area contributed by atoms with Crippen LogP contribution < -0.4 is 30.3 Å². The van der Waals surface area contributed by atoms with Gasteiger partial charge in [0.2, 0.25) is 12.2 Å². The number of nitrogens with one attached hydrogen (secondary N) is 1. The van der Waals surface area contributed by atoms with Crippen molar-refractivity contribution in [3.8, 4) is 11.5 Å². The van der Waals surface area contributed by atoms with Crippen LogP contribution >= 0.6 is 0 Å². The Hall–Kier alpha value is -4.99. The number of amides is 3. The van der Waals surface area contributed by atoms with Crippen LogP contribution in [0.25, 0.3) is 0 Å². The molecule has 0 fully saturated rings. The number of alkyl carbamates (subject to hydrolysis) is 1.